The summed E-state index contributed by atoms with van der Waals surface area (Å²) in [7, 11) is 0. The molecular weight excluding hydrogens is 351 g/mol. The molecule has 8 heteroatoms. The van der Waals surface area contributed by atoms with Crippen LogP contribution >= 0.6 is 0 Å². The highest BCUT2D eigenvalue weighted by molar-refractivity contribution is 5.80. The van der Waals surface area contributed by atoms with E-state index in [1.165, 1.54) is 16.7 Å². The first-order valence-corrected chi connectivity index (χ1v) is 8.43. The van der Waals surface area contributed by atoms with Gasteiger partial charge < -0.3 is 14.1 Å². The zero-order valence-electron chi connectivity index (χ0n) is 14.4. The van der Waals surface area contributed by atoms with Gasteiger partial charge in [-0.25, -0.2) is 4.39 Å². The Balaban J connectivity index is 1.79. The number of fused-ring (bicyclic) bond motifs is 1. The first-order chi connectivity index (χ1) is 13.1. The van der Waals surface area contributed by atoms with Crippen LogP contribution in [0.5, 0.6) is 0 Å². The monoisotopic (exact) mass is 366 g/mol. The molecule has 0 atom stereocenters. The van der Waals surface area contributed by atoms with Crippen LogP contribution in [0, 0.1) is 5.82 Å². The van der Waals surface area contributed by atoms with Gasteiger partial charge in [0.05, 0.1) is 11.0 Å². The molecule has 0 fully saturated rings. The van der Waals surface area contributed by atoms with Crippen LogP contribution in [0.15, 0.2) is 56.6 Å². The summed E-state index contributed by atoms with van der Waals surface area (Å²) in [6.45, 7) is 2.39. The Morgan fingerprint density at radius 3 is 2.59 bits per heavy atom. The summed E-state index contributed by atoms with van der Waals surface area (Å²) in [4.78, 5) is 30.9. The Morgan fingerprint density at radius 1 is 1.11 bits per heavy atom. The summed E-state index contributed by atoms with van der Waals surface area (Å²) in [5.74, 6) is 0.231. The van der Waals surface area contributed by atoms with Gasteiger partial charge in [-0.3, -0.25) is 9.59 Å². The number of halogens is 1. The zero-order valence-corrected chi connectivity index (χ0v) is 14.4. The van der Waals surface area contributed by atoms with Crippen LogP contribution in [0.2, 0.25) is 0 Å². The summed E-state index contributed by atoms with van der Waals surface area (Å²) in [6.07, 6.45) is 0.728. The van der Waals surface area contributed by atoms with Crippen LogP contribution in [0.3, 0.4) is 0 Å². The Bertz CT molecular complexity index is 1240. The minimum atomic E-state index is -0.673. The van der Waals surface area contributed by atoms with Gasteiger partial charge in [0.25, 0.3) is 5.89 Å². The fourth-order valence-corrected chi connectivity index (χ4v) is 2.91. The van der Waals surface area contributed by atoms with Crippen LogP contribution in [0.1, 0.15) is 13.3 Å². The van der Waals surface area contributed by atoms with Gasteiger partial charge in [0, 0.05) is 17.7 Å². The molecule has 4 aromatic rings. The van der Waals surface area contributed by atoms with Crippen molar-refractivity contribution >= 4 is 11.0 Å². The van der Waals surface area contributed by atoms with Crippen molar-refractivity contribution in [2.24, 2.45) is 0 Å². The molecule has 2 heterocycles. The maximum atomic E-state index is 13.0. The van der Waals surface area contributed by atoms with Crippen molar-refractivity contribution in [1.82, 2.24) is 19.7 Å². The Labute approximate surface area is 152 Å². The molecule has 0 spiro atoms. The van der Waals surface area contributed by atoms with Gasteiger partial charge in [0.15, 0.2) is 0 Å². The molecule has 2 aromatic carbocycles. The number of benzene rings is 2. The van der Waals surface area contributed by atoms with E-state index in [9.17, 15) is 14.0 Å². The third kappa shape index (κ3) is 3.05. The molecule has 0 aliphatic carbocycles. The molecule has 1 N–H and O–H groups in total. The second-order valence-corrected chi connectivity index (χ2v) is 6.07. The minimum absolute atomic E-state index is 0.259. The molecule has 7 nitrogen and oxygen atoms in total. The number of aryl methyl sites for hydroxylation is 1. The summed E-state index contributed by atoms with van der Waals surface area (Å²) >= 11 is 0. The van der Waals surface area contributed by atoms with E-state index in [0.717, 1.165) is 6.42 Å². The van der Waals surface area contributed by atoms with E-state index >= 15 is 0 Å². The van der Waals surface area contributed by atoms with E-state index in [2.05, 4.69) is 15.1 Å². The average Bonchev–Trinajstić information content (AvgIpc) is 3.16. The maximum Gasteiger partial charge on any atom is 0.316 e. The number of aromatic nitrogens is 4. The highest BCUT2D eigenvalue weighted by Gasteiger charge is 2.13. The van der Waals surface area contributed by atoms with Gasteiger partial charge in [-0.1, -0.05) is 12.1 Å². The topological polar surface area (TPSA) is 93.8 Å². The molecule has 0 saturated carbocycles. The van der Waals surface area contributed by atoms with Crippen molar-refractivity contribution < 1.29 is 8.91 Å². The summed E-state index contributed by atoms with van der Waals surface area (Å²) in [5.41, 5.74) is 1.12. The summed E-state index contributed by atoms with van der Waals surface area (Å²) in [6, 6.07) is 10.9. The van der Waals surface area contributed by atoms with Crippen molar-refractivity contribution in [3.8, 4) is 22.8 Å². The van der Waals surface area contributed by atoms with Gasteiger partial charge in [-0.05, 0) is 48.9 Å². The maximum absolute atomic E-state index is 13.0. The molecule has 0 unspecified atom stereocenters. The number of nitrogens with one attached hydrogen (secondary N) is 1. The van der Waals surface area contributed by atoms with Gasteiger partial charge >= 0.3 is 11.1 Å². The number of hydrogen-bond donors (Lipinski definition) is 1. The number of hydrogen-bond acceptors (Lipinski definition) is 5. The Hall–Kier alpha value is -3.55. The standard InChI is InChI=1S/C19H15FN4O3/c1-2-9-24-15-8-5-12(10-14(15)21-17(25)19(24)26)16-22-18(27-23-16)11-3-6-13(20)7-4-11/h3-8,10H,2,9H2,1H3,(H,21,25). The third-order valence-electron chi connectivity index (χ3n) is 4.20. The van der Waals surface area contributed by atoms with Crippen LogP contribution in [-0.2, 0) is 6.54 Å². The molecule has 0 amide bonds. The van der Waals surface area contributed by atoms with Gasteiger partial charge in [0.1, 0.15) is 5.82 Å². The van der Waals surface area contributed by atoms with E-state index in [1.54, 1.807) is 30.3 Å². The third-order valence-corrected chi connectivity index (χ3v) is 4.20. The van der Waals surface area contributed by atoms with Crippen molar-refractivity contribution in [3.05, 3.63) is 69.0 Å². The smallest absolute Gasteiger partial charge is 0.316 e. The normalized spacial score (nSPS) is 11.2. The van der Waals surface area contributed by atoms with Crippen LogP contribution in [-0.4, -0.2) is 19.7 Å². The molecular formula is C19H15FN4O3. The highest BCUT2D eigenvalue weighted by Crippen LogP contribution is 2.24. The predicted octanol–water partition coefficient (Wildman–Crippen LogP) is 2.96. The molecule has 4 rings (SSSR count). The molecule has 2 aromatic heterocycles. The lowest BCUT2D eigenvalue weighted by Crippen LogP contribution is -2.36. The van der Waals surface area contributed by atoms with E-state index < -0.39 is 11.1 Å². The fourth-order valence-electron chi connectivity index (χ4n) is 2.91. The fraction of sp³-hybridized carbons (Fsp3) is 0.158. The number of rotatable bonds is 4. The van der Waals surface area contributed by atoms with E-state index in [0.29, 0.717) is 34.5 Å². The number of nitrogens with zero attached hydrogens (tertiary/aromatic N) is 3. The van der Waals surface area contributed by atoms with Crippen molar-refractivity contribution in [2.45, 2.75) is 19.9 Å². The molecule has 0 radical (unpaired) electrons. The number of aromatic amines is 1. The lowest BCUT2D eigenvalue weighted by molar-refractivity contribution is 0.432. The van der Waals surface area contributed by atoms with Gasteiger partial charge in [-0.15, -0.1) is 0 Å². The Morgan fingerprint density at radius 2 is 1.85 bits per heavy atom. The number of H-pyrrole nitrogens is 1. The molecule has 0 aliphatic rings. The second-order valence-electron chi connectivity index (χ2n) is 6.07. The van der Waals surface area contributed by atoms with Crippen molar-refractivity contribution in [2.75, 3.05) is 0 Å². The van der Waals surface area contributed by atoms with E-state index in [1.807, 2.05) is 6.92 Å². The molecule has 136 valence electrons. The SMILES string of the molecule is CCCn1c(=O)c(=O)[nH]c2cc(-c3noc(-c4ccc(F)cc4)n3)ccc21. The Kier molecular flexibility index (Phi) is 4.15. The van der Waals surface area contributed by atoms with Gasteiger partial charge in [0.2, 0.25) is 5.82 Å². The van der Waals surface area contributed by atoms with Crippen LogP contribution in [0.25, 0.3) is 33.9 Å². The average molecular weight is 366 g/mol. The molecule has 0 aliphatic heterocycles. The van der Waals surface area contributed by atoms with Crippen LogP contribution < -0.4 is 11.1 Å². The summed E-state index contributed by atoms with van der Waals surface area (Å²) in [5, 5.41) is 3.95. The van der Waals surface area contributed by atoms with Crippen LogP contribution in [0.4, 0.5) is 4.39 Å². The first kappa shape index (κ1) is 16.9. The minimum Gasteiger partial charge on any atom is -0.334 e. The quantitative estimate of drug-likeness (QED) is 0.561. The zero-order chi connectivity index (χ0) is 19.0. The lowest BCUT2D eigenvalue weighted by Gasteiger charge is -2.08. The molecule has 27 heavy (non-hydrogen) atoms. The predicted molar refractivity (Wildman–Crippen MR) is 97.8 cm³/mol. The summed E-state index contributed by atoms with van der Waals surface area (Å²) < 4.78 is 19.8. The van der Waals surface area contributed by atoms with Gasteiger partial charge in [-0.2, -0.15) is 4.98 Å². The second kappa shape index (κ2) is 6.64. The molecule has 0 saturated heterocycles. The first-order valence-electron chi connectivity index (χ1n) is 8.43. The largest absolute Gasteiger partial charge is 0.334 e. The van der Waals surface area contributed by atoms with E-state index in [-0.39, 0.29) is 11.7 Å². The van der Waals surface area contributed by atoms with Crippen molar-refractivity contribution in [3.63, 3.8) is 0 Å². The van der Waals surface area contributed by atoms with Crippen molar-refractivity contribution in [1.29, 1.82) is 0 Å². The molecule has 0 bridgehead atoms. The lowest BCUT2D eigenvalue weighted by atomic mass is 10.1. The van der Waals surface area contributed by atoms with E-state index in [4.69, 9.17) is 4.52 Å². The highest BCUT2D eigenvalue weighted by atomic mass is 19.1.